The van der Waals surface area contributed by atoms with Crippen LogP contribution in [-0.4, -0.2) is 29.7 Å². The summed E-state index contributed by atoms with van der Waals surface area (Å²) in [4.78, 5) is 39.5. The number of methoxy groups -OCH3 is 1. The standard InChI is InChI=1S/C26H24N2O4/c1-16(2)18-9-11-19(12-10-18)27-24(29)22-14-17(8-13-23(22)32-3)15-28-25(30)20-6-4-5-7-21(20)26(28)31/h4-14,16H,15H2,1-3H3,(H,27,29). The molecular weight excluding hydrogens is 404 g/mol. The summed E-state index contributed by atoms with van der Waals surface area (Å²) in [6.07, 6.45) is 0. The molecule has 0 atom stereocenters. The molecule has 1 aliphatic heterocycles. The first-order chi connectivity index (χ1) is 15.4. The number of ether oxygens (including phenoxy) is 1. The highest BCUT2D eigenvalue weighted by atomic mass is 16.5. The monoisotopic (exact) mass is 428 g/mol. The van der Waals surface area contributed by atoms with Crippen LogP contribution in [0.4, 0.5) is 5.69 Å². The van der Waals surface area contributed by atoms with Crippen LogP contribution in [0.1, 0.15) is 62.0 Å². The van der Waals surface area contributed by atoms with E-state index in [1.807, 2.05) is 24.3 Å². The van der Waals surface area contributed by atoms with Gasteiger partial charge in [-0.15, -0.1) is 0 Å². The summed E-state index contributed by atoms with van der Waals surface area (Å²) < 4.78 is 5.36. The van der Waals surface area contributed by atoms with Gasteiger partial charge >= 0.3 is 0 Å². The molecule has 0 spiro atoms. The van der Waals surface area contributed by atoms with Gasteiger partial charge in [-0.1, -0.05) is 44.2 Å². The Morgan fingerprint density at radius 3 is 2.12 bits per heavy atom. The first kappa shape index (κ1) is 21.3. The Labute approximate surface area is 186 Å². The topological polar surface area (TPSA) is 75.7 Å². The molecular formula is C26H24N2O4. The van der Waals surface area contributed by atoms with Crippen molar-refractivity contribution in [3.05, 3.63) is 94.5 Å². The van der Waals surface area contributed by atoms with Crippen molar-refractivity contribution < 1.29 is 19.1 Å². The minimum Gasteiger partial charge on any atom is -0.496 e. The lowest BCUT2D eigenvalue weighted by atomic mass is 10.0. The lowest BCUT2D eigenvalue weighted by molar-refractivity contribution is 0.0642. The smallest absolute Gasteiger partial charge is 0.261 e. The van der Waals surface area contributed by atoms with Gasteiger partial charge in [0.25, 0.3) is 17.7 Å². The summed E-state index contributed by atoms with van der Waals surface area (Å²) in [7, 11) is 1.49. The highest BCUT2D eigenvalue weighted by Crippen LogP contribution is 2.27. The Morgan fingerprint density at radius 1 is 0.938 bits per heavy atom. The number of anilines is 1. The van der Waals surface area contributed by atoms with Gasteiger partial charge in [0.2, 0.25) is 0 Å². The molecule has 3 amide bonds. The van der Waals surface area contributed by atoms with Gasteiger partial charge in [-0.25, -0.2) is 0 Å². The van der Waals surface area contributed by atoms with Gasteiger partial charge in [-0.3, -0.25) is 19.3 Å². The molecule has 0 unspecified atom stereocenters. The van der Waals surface area contributed by atoms with Crippen LogP contribution in [0.5, 0.6) is 5.75 Å². The van der Waals surface area contributed by atoms with Crippen molar-refractivity contribution in [2.24, 2.45) is 0 Å². The van der Waals surface area contributed by atoms with E-state index in [9.17, 15) is 14.4 Å². The number of benzene rings is 3. The van der Waals surface area contributed by atoms with Crippen molar-refractivity contribution in [3.63, 3.8) is 0 Å². The highest BCUT2D eigenvalue weighted by Gasteiger charge is 2.35. The van der Waals surface area contributed by atoms with E-state index in [0.717, 1.165) is 0 Å². The number of hydrogen-bond donors (Lipinski definition) is 1. The van der Waals surface area contributed by atoms with Crippen LogP contribution in [0.15, 0.2) is 66.7 Å². The Bertz CT molecular complexity index is 1160. The molecule has 0 bridgehead atoms. The second kappa shape index (κ2) is 8.67. The number of carbonyl (C=O) groups excluding carboxylic acids is 3. The summed E-state index contributed by atoms with van der Waals surface area (Å²) in [5.41, 5.74) is 3.63. The number of nitrogens with zero attached hydrogens (tertiary/aromatic N) is 1. The Morgan fingerprint density at radius 2 is 1.56 bits per heavy atom. The maximum atomic E-state index is 13.0. The molecule has 4 rings (SSSR count). The van der Waals surface area contributed by atoms with Crippen LogP contribution in [-0.2, 0) is 6.54 Å². The number of amides is 3. The first-order valence-electron chi connectivity index (χ1n) is 10.4. The molecule has 6 nitrogen and oxygen atoms in total. The zero-order valence-corrected chi connectivity index (χ0v) is 18.2. The maximum absolute atomic E-state index is 13.0. The number of carbonyl (C=O) groups is 3. The van der Waals surface area contributed by atoms with Gasteiger partial charge in [-0.2, -0.15) is 0 Å². The minimum absolute atomic E-state index is 0.0692. The highest BCUT2D eigenvalue weighted by molar-refractivity contribution is 6.21. The van der Waals surface area contributed by atoms with E-state index in [0.29, 0.717) is 39.6 Å². The third-order valence-corrected chi connectivity index (χ3v) is 5.56. The lowest BCUT2D eigenvalue weighted by Crippen LogP contribution is -2.29. The first-order valence-corrected chi connectivity index (χ1v) is 10.4. The minimum atomic E-state index is -0.335. The van der Waals surface area contributed by atoms with Gasteiger partial charge in [0.15, 0.2) is 0 Å². The molecule has 32 heavy (non-hydrogen) atoms. The van der Waals surface area contributed by atoms with Crippen LogP contribution in [0.3, 0.4) is 0 Å². The molecule has 1 heterocycles. The van der Waals surface area contributed by atoms with Crippen molar-refractivity contribution in [3.8, 4) is 5.75 Å². The fourth-order valence-electron chi connectivity index (χ4n) is 3.75. The number of nitrogens with one attached hydrogen (secondary N) is 1. The molecule has 0 saturated heterocycles. The van der Waals surface area contributed by atoms with Gasteiger partial charge in [-0.05, 0) is 53.4 Å². The molecule has 0 aromatic heterocycles. The SMILES string of the molecule is COc1ccc(CN2C(=O)c3ccccc3C2=O)cc1C(=O)Nc1ccc(C(C)C)cc1. The molecule has 1 aliphatic rings. The predicted molar refractivity (Wildman–Crippen MR) is 122 cm³/mol. The van der Waals surface area contributed by atoms with E-state index >= 15 is 0 Å². The quantitative estimate of drug-likeness (QED) is 0.569. The normalized spacial score (nSPS) is 12.8. The van der Waals surface area contributed by atoms with Crippen LogP contribution >= 0.6 is 0 Å². The van der Waals surface area contributed by atoms with Crippen LogP contribution in [0.25, 0.3) is 0 Å². The van der Waals surface area contributed by atoms with E-state index in [-0.39, 0.29) is 24.3 Å². The van der Waals surface area contributed by atoms with Gasteiger partial charge in [0.05, 0.1) is 30.3 Å². The third-order valence-electron chi connectivity index (χ3n) is 5.56. The molecule has 1 N–H and O–H groups in total. The fourth-order valence-corrected chi connectivity index (χ4v) is 3.75. The van der Waals surface area contributed by atoms with Crippen molar-refractivity contribution in [2.45, 2.75) is 26.3 Å². The van der Waals surface area contributed by atoms with E-state index in [4.69, 9.17) is 4.74 Å². The van der Waals surface area contributed by atoms with Crippen molar-refractivity contribution in [1.82, 2.24) is 4.90 Å². The van der Waals surface area contributed by atoms with Crippen molar-refractivity contribution >= 4 is 23.4 Å². The molecule has 0 saturated carbocycles. The fraction of sp³-hybridized carbons (Fsp3) is 0.192. The average Bonchev–Trinajstić information content (AvgIpc) is 3.04. The molecule has 3 aromatic carbocycles. The second-order valence-electron chi connectivity index (χ2n) is 8.01. The van der Waals surface area contributed by atoms with E-state index in [1.54, 1.807) is 42.5 Å². The molecule has 162 valence electrons. The largest absolute Gasteiger partial charge is 0.496 e. The Hall–Kier alpha value is -3.93. The van der Waals surface area contributed by atoms with Crippen LogP contribution in [0, 0.1) is 0 Å². The molecule has 0 fully saturated rings. The zero-order valence-electron chi connectivity index (χ0n) is 18.2. The average molecular weight is 428 g/mol. The van der Waals surface area contributed by atoms with E-state index in [2.05, 4.69) is 19.2 Å². The Kier molecular flexibility index (Phi) is 5.77. The van der Waals surface area contributed by atoms with Crippen molar-refractivity contribution in [1.29, 1.82) is 0 Å². The summed E-state index contributed by atoms with van der Waals surface area (Å²) in [6, 6.07) is 19.5. The predicted octanol–water partition coefficient (Wildman–Crippen LogP) is 4.87. The van der Waals surface area contributed by atoms with Crippen LogP contribution in [0.2, 0.25) is 0 Å². The number of fused-ring (bicyclic) bond motifs is 1. The second-order valence-corrected chi connectivity index (χ2v) is 8.01. The number of imide groups is 1. The summed E-state index contributed by atoms with van der Waals surface area (Å²) in [5.74, 6) is -0.190. The number of rotatable bonds is 6. The third kappa shape index (κ3) is 3.99. The van der Waals surface area contributed by atoms with Crippen LogP contribution < -0.4 is 10.1 Å². The van der Waals surface area contributed by atoms with Gasteiger partial charge < -0.3 is 10.1 Å². The van der Waals surface area contributed by atoms with Gasteiger partial charge in [0.1, 0.15) is 5.75 Å². The summed E-state index contributed by atoms with van der Waals surface area (Å²) >= 11 is 0. The molecule has 0 aliphatic carbocycles. The molecule has 3 aromatic rings. The Balaban J connectivity index is 1.56. The molecule has 6 heteroatoms. The summed E-state index contributed by atoms with van der Waals surface area (Å²) in [6.45, 7) is 4.29. The van der Waals surface area contributed by atoms with Gasteiger partial charge in [0, 0.05) is 5.69 Å². The van der Waals surface area contributed by atoms with E-state index in [1.165, 1.54) is 17.6 Å². The van der Waals surface area contributed by atoms with E-state index < -0.39 is 0 Å². The number of hydrogen-bond acceptors (Lipinski definition) is 4. The lowest BCUT2D eigenvalue weighted by Gasteiger charge is -2.16. The zero-order chi connectivity index (χ0) is 22.8. The molecule has 0 radical (unpaired) electrons. The maximum Gasteiger partial charge on any atom is 0.261 e. The summed E-state index contributed by atoms with van der Waals surface area (Å²) in [5, 5.41) is 2.89. The van der Waals surface area contributed by atoms with Crippen molar-refractivity contribution in [2.75, 3.05) is 12.4 Å².